The highest BCUT2D eigenvalue weighted by molar-refractivity contribution is 5.77. The first-order valence-electron chi connectivity index (χ1n) is 6.12. The Hall–Kier alpha value is -1.30. The van der Waals surface area contributed by atoms with Gasteiger partial charge in [-0.25, -0.2) is 4.79 Å². The van der Waals surface area contributed by atoms with Crippen LogP contribution in [0.3, 0.4) is 0 Å². The molecule has 0 spiro atoms. The fourth-order valence-corrected chi connectivity index (χ4v) is 2.07. The van der Waals surface area contributed by atoms with E-state index in [0.717, 1.165) is 19.4 Å². The van der Waals surface area contributed by atoms with E-state index < -0.39 is 11.5 Å². The van der Waals surface area contributed by atoms with Crippen molar-refractivity contribution in [2.75, 3.05) is 13.2 Å². The highest BCUT2D eigenvalue weighted by Crippen LogP contribution is 2.18. The third-order valence-electron chi connectivity index (χ3n) is 2.90. The first-order valence-corrected chi connectivity index (χ1v) is 6.12. The summed E-state index contributed by atoms with van der Waals surface area (Å²) in [5, 5.41) is 14.3. The predicted molar refractivity (Wildman–Crippen MR) is 66.5 cm³/mol. The highest BCUT2D eigenvalue weighted by Gasteiger charge is 2.31. The van der Waals surface area contributed by atoms with Gasteiger partial charge in [0.25, 0.3) is 0 Å². The quantitative estimate of drug-likeness (QED) is 0.705. The lowest BCUT2D eigenvalue weighted by molar-refractivity contribution is -0.138. The van der Waals surface area contributed by atoms with Gasteiger partial charge in [0.1, 0.15) is 0 Å². The van der Waals surface area contributed by atoms with Gasteiger partial charge >= 0.3 is 12.0 Å². The lowest BCUT2D eigenvalue weighted by Crippen LogP contribution is -2.58. The van der Waals surface area contributed by atoms with E-state index in [0.29, 0.717) is 6.61 Å². The SMILES string of the molecule is CC(C)(CC(=O)O)NC(=O)NC1(C)CCCOC1. The van der Waals surface area contributed by atoms with Gasteiger partial charge in [0, 0.05) is 12.1 Å². The first kappa shape index (κ1) is 14.8. The second-order valence-electron chi connectivity index (χ2n) is 5.75. The van der Waals surface area contributed by atoms with Crippen molar-refractivity contribution in [1.82, 2.24) is 10.6 Å². The van der Waals surface area contributed by atoms with E-state index in [1.165, 1.54) is 0 Å². The smallest absolute Gasteiger partial charge is 0.315 e. The fourth-order valence-electron chi connectivity index (χ4n) is 2.07. The molecule has 0 aromatic rings. The minimum atomic E-state index is -0.937. The van der Waals surface area contributed by atoms with Gasteiger partial charge in [0.05, 0.1) is 18.6 Å². The number of carbonyl (C=O) groups excluding carboxylic acids is 1. The zero-order valence-corrected chi connectivity index (χ0v) is 11.2. The van der Waals surface area contributed by atoms with Crippen LogP contribution in [0.2, 0.25) is 0 Å². The third-order valence-corrected chi connectivity index (χ3v) is 2.90. The van der Waals surface area contributed by atoms with Crippen LogP contribution in [0, 0.1) is 0 Å². The maximum Gasteiger partial charge on any atom is 0.315 e. The number of hydrogen-bond acceptors (Lipinski definition) is 3. The molecule has 1 unspecified atom stereocenters. The van der Waals surface area contributed by atoms with Crippen LogP contribution in [0.5, 0.6) is 0 Å². The Morgan fingerprint density at radius 2 is 2.11 bits per heavy atom. The van der Waals surface area contributed by atoms with Crippen molar-refractivity contribution >= 4 is 12.0 Å². The average molecular weight is 258 g/mol. The van der Waals surface area contributed by atoms with E-state index in [9.17, 15) is 9.59 Å². The Bertz CT molecular complexity index is 322. The Labute approximate surface area is 107 Å². The number of nitrogens with one attached hydrogen (secondary N) is 2. The Morgan fingerprint density at radius 3 is 2.61 bits per heavy atom. The minimum Gasteiger partial charge on any atom is -0.481 e. The van der Waals surface area contributed by atoms with Crippen molar-refractivity contribution in [3.63, 3.8) is 0 Å². The standard InChI is InChI=1S/C12H22N2O4/c1-11(2,7-9(15)16)13-10(17)14-12(3)5-4-6-18-8-12/h4-8H2,1-3H3,(H,15,16)(H2,13,14,17). The molecule has 6 nitrogen and oxygen atoms in total. The van der Waals surface area contributed by atoms with Gasteiger partial charge in [-0.05, 0) is 33.6 Å². The van der Waals surface area contributed by atoms with Crippen LogP contribution >= 0.6 is 0 Å². The van der Waals surface area contributed by atoms with Crippen molar-refractivity contribution in [2.45, 2.75) is 51.1 Å². The molecule has 1 fully saturated rings. The van der Waals surface area contributed by atoms with E-state index in [2.05, 4.69) is 10.6 Å². The van der Waals surface area contributed by atoms with Crippen LogP contribution in [0.1, 0.15) is 40.0 Å². The monoisotopic (exact) mass is 258 g/mol. The largest absolute Gasteiger partial charge is 0.481 e. The number of urea groups is 1. The normalized spacial score (nSPS) is 24.4. The van der Waals surface area contributed by atoms with Crippen molar-refractivity contribution < 1.29 is 19.4 Å². The molecule has 2 amide bonds. The summed E-state index contributed by atoms with van der Waals surface area (Å²) >= 11 is 0. The molecule has 0 aliphatic carbocycles. The summed E-state index contributed by atoms with van der Waals surface area (Å²) in [5.41, 5.74) is -1.15. The van der Waals surface area contributed by atoms with Crippen molar-refractivity contribution in [1.29, 1.82) is 0 Å². The Balaban J connectivity index is 2.47. The summed E-state index contributed by atoms with van der Waals surface area (Å²) in [4.78, 5) is 22.5. The first-order chi connectivity index (χ1) is 8.22. The fraction of sp³-hybridized carbons (Fsp3) is 0.833. The van der Waals surface area contributed by atoms with Crippen molar-refractivity contribution in [3.05, 3.63) is 0 Å². The number of carboxylic acids is 1. The molecule has 1 heterocycles. The lowest BCUT2D eigenvalue weighted by atomic mass is 9.95. The van der Waals surface area contributed by atoms with Gasteiger partial charge in [0.15, 0.2) is 0 Å². The van der Waals surface area contributed by atoms with Gasteiger partial charge in [-0.2, -0.15) is 0 Å². The molecule has 0 saturated carbocycles. The molecule has 0 aromatic heterocycles. The maximum absolute atomic E-state index is 11.8. The molecular formula is C12H22N2O4. The number of rotatable bonds is 4. The number of aliphatic carboxylic acids is 1. The zero-order valence-electron chi connectivity index (χ0n) is 11.2. The molecule has 0 aromatic carbocycles. The average Bonchev–Trinajstić information content (AvgIpc) is 2.13. The van der Waals surface area contributed by atoms with Crippen LogP contribution in [0.4, 0.5) is 4.79 Å². The molecule has 1 aliphatic rings. The molecule has 104 valence electrons. The lowest BCUT2D eigenvalue weighted by Gasteiger charge is -2.35. The molecule has 0 bridgehead atoms. The van der Waals surface area contributed by atoms with Crippen LogP contribution in [-0.2, 0) is 9.53 Å². The molecule has 1 atom stereocenters. The minimum absolute atomic E-state index is 0.117. The van der Waals surface area contributed by atoms with Crippen LogP contribution in [0.25, 0.3) is 0 Å². The van der Waals surface area contributed by atoms with E-state index >= 15 is 0 Å². The third kappa shape index (κ3) is 4.91. The van der Waals surface area contributed by atoms with E-state index in [1.54, 1.807) is 13.8 Å². The molecule has 0 radical (unpaired) electrons. The van der Waals surface area contributed by atoms with Gasteiger partial charge in [0.2, 0.25) is 0 Å². The Morgan fingerprint density at radius 1 is 1.44 bits per heavy atom. The zero-order chi connectivity index (χ0) is 13.8. The molecule has 1 saturated heterocycles. The summed E-state index contributed by atoms with van der Waals surface area (Å²) < 4.78 is 5.34. The molecule has 6 heteroatoms. The van der Waals surface area contributed by atoms with Crippen molar-refractivity contribution in [3.8, 4) is 0 Å². The van der Waals surface area contributed by atoms with Crippen LogP contribution in [-0.4, -0.2) is 41.4 Å². The van der Waals surface area contributed by atoms with E-state index in [-0.39, 0.29) is 18.0 Å². The molecule has 1 rings (SSSR count). The van der Waals surface area contributed by atoms with E-state index in [1.807, 2.05) is 6.92 Å². The molecule has 1 aliphatic heterocycles. The number of ether oxygens (including phenoxy) is 1. The van der Waals surface area contributed by atoms with Gasteiger partial charge < -0.3 is 20.5 Å². The molecular weight excluding hydrogens is 236 g/mol. The van der Waals surface area contributed by atoms with Gasteiger partial charge in [-0.3, -0.25) is 4.79 Å². The summed E-state index contributed by atoms with van der Waals surface area (Å²) in [6.45, 7) is 6.50. The topological polar surface area (TPSA) is 87.7 Å². The number of amides is 2. The van der Waals surface area contributed by atoms with Gasteiger partial charge in [-0.15, -0.1) is 0 Å². The van der Waals surface area contributed by atoms with Crippen LogP contribution < -0.4 is 10.6 Å². The van der Waals surface area contributed by atoms with E-state index in [4.69, 9.17) is 9.84 Å². The maximum atomic E-state index is 11.8. The molecule has 18 heavy (non-hydrogen) atoms. The number of carboxylic acid groups (broad SMARTS) is 1. The second-order valence-corrected chi connectivity index (χ2v) is 5.75. The summed E-state index contributed by atoms with van der Waals surface area (Å²) in [6, 6.07) is -0.353. The number of carbonyl (C=O) groups is 2. The summed E-state index contributed by atoms with van der Waals surface area (Å²) in [6.07, 6.45) is 1.66. The second kappa shape index (κ2) is 5.56. The number of hydrogen-bond donors (Lipinski definition) is 3. The van der Waals surface area contributed by atoms with Crippen LogP contribution in [0.15, 0.2) is 0 Å². The molecule has 3 N–H and O–H groups in total. The highest BCUT2D eigenvalue weighted by atomic mass is 16.5. The summed E-state index contributed by atoms with van der Waals surface area (Å²) in [5.74, 6) is -0.937. The van der Waals surface area contributed by atoms with Crippen molar-refractivity contribution in [2.24, 2.45) is 0 Å². The summed E-state index contributed by atoms with van der Waals surface area (Å²) in [7, 11) is 0. The van der Waals surface area contributed by atoms with Gasteiger partial charge in [-0.1, -0.05) is 0 Å². The predicted octanol–water partition coefficient (Wildman–Crippen LogP) is 1.11. The Kier molecular flexibility index (Phi) is 4.56.